The summed E-state index contributed by atoms with van der Waals surface area (Å²) in [5.74, 6) is 3.03. The van der Waals surface area contributed by atoms with Gasteiger partial charge in [-0.2, -0.15) is 10.4 Å². The van der Waals surface area contributed by atoms with E-state index >= 15 is 0 Å². The highest BCUT2D eigenvalue weighted by molar-refractivity contribution is 5.74. The number of aromatic nitrogens is 2. The lowest BCUT2D eigenvalue weighted by molar-refractivity contribution is 0.231. The van der Waals surface area contributed by atoms with Crippen molar-refractivity contribution in [1.82, 2.24) is 15.1 Å². The summed E-state index contributed by atoms with van der Waals surface area (Å²) in [4.78, 5) is 0. The number of hydrogen-bond donors (Lipinski definition) is 2. The van der Waals surface area contributed by atoms with Crippen molar-refractivity contribution in [3.05, 3.63) is 60.2 Å². The van der Waals surface area contributed by atoms with E-state index in [2.05, 4.69) is 21.4 Å². The van der Waals surface area contributed by atoms with Crippen LogP contribution >= 0.6 is 0 Å². The van der Waals surface area contributed by atoms with Gasteiger partial charge in [-0.1, -0.05) is 18.2 Å². The van der Waals surface area contributed by atoms with Crippen LogP contribution in [-0.4, -0.2) is 29.4 Å². The number of benzene rings is 2. The van der Waals surface area contributed by atoms with Crippen molar-refractivity contribution < 1.29 is 4.74 Å². The first-order chi connectivity index (χ1) is 14.8. The molecule has 2 aromatic carbocycles. The fourth-order valence-electron chi connectivity index (χ4n) is 4.58. The fraction of sp³-hybridized carbons (Fsp3) is 0.333. The van der Waals surface area contributed by atoms with E-state index in [9.17, 15) is 5.26 Å². The summed E-state index contributed by atoms with van der Waals surface area (Å²) < 4.78 is 7.98. The number of anilines is 1. The van der Waals surface area contributed by atoms with Gasteiger partial charge in [-0.05, 0) is 74.7 Å². The van der Waals surface area contributed by atoms with Gasteiger partial charge >= 0.3 is 0 Å². The van der Waals surface area contributed by atoms with Gasteiger partial charge in [0.25, 0.3) is 0 Å². The Balaban J connectivity index is 1.45. The second-order valence-corrected chi connectivity index (χ2v) is 7.94. The normalized spacial score (nSPS) is 18.8. The molecule has 2 aliphatic heterocycles. The Bertz CT molecular complexity index is 1050. The van der Waals surface area contributed by atoms with E-state index in [1.54, 1.807) is 0 Å². The molecular weight excluding hydrogens is 374 g/mol. The van der Waals surface area contributed by atoms with Crippen LogP contribution in [0, 0.1) is 17.2 Å². The molecule has 0 amide bonds. The third-order valence-electron chi connectivity index (χ3n) is 6.10. The molecule has 1 aromatic heterocycles. The number of nitrogens with zero attached hydrogens (tertiary/aromatic N) is 3. The maximum atomic E-state index is 9.89. The van der Waals surface area contributed by atoms with Crippen LogP contribution in [0.1, 0.15) is 30.9 Å². The van der Waals surface area contributed by atoms with E-state index in [1.807, 2.05) is 54.6 Å². The Labute approximate surface area is 176 Å². The maximum absolute atomic E-state index is 9.89. The van der Waals surface area contributed by atoms with Crippen LogP contribution in [0.15, 0.2) is 54.6 Å². The summed E-state index contributed by atoms with van der Waals surface area (Å²) in [6.07, 6.45) is 3.37. The van der Waals surface area contributed by atoms with Gasteiger partial charge in [0, 0.05) is 12.1 Å². The van der Waals surface area contributed by atoms with Gasteiger partial charge in [-0.25, -0.2) is 4.68 Å². The van der Waals surface area contributed by atoms with E-state index in [0.29, 0.717) is 17.5 Å². The smallest absolute Gasteiger partial charge is 0.143 e. The number of hydrogen-bond acceptors (Lipinski definition) is 5. The predicted molar refractivity (Wildman–Crippen MR) is 117 cm³/mol. The van der Waals surface area contributed by atoms with Gasteiger partial charge in [0.2, 0.25) is 0 Å². The van der Waals surface area contributed by atoms with Crippen LogP contribution in [0.2, 0.25) is 0 Å². The van der Waals surface area contributed by atoms with Gasteiger partial charge in [0.15, 0.2) is 0 Å². The van der Waals surface area contributed by atoms with Crippen LogP contribution in [0.25, 0.3) is 11.3 Å². The minimum atomic E-state index is 0.352. The summed E-state index contributed by atoms with van der Waals surface area (Å²) in [6.45, 7) is 3.01. The van der Waals surface area contributed by atoms with E-state index in [0.717, 1.165) is 67.5 Å². The third kappa shape index (κ3) is 3.53. The second kappa shape index (κ2) is 8.21. The summed E-state index contributed by atoms with van der Waals surface area (Å²) >= 11 is 0. The number of fused-ring (bicyclic) bond motifs is 1. The molecule has 0 spiro atoms. The van der Waals surface area contributed by atoms with E-state index in [-0.39, 0.29) is 0 Å². The van der Waals surface area contributed by atoms with E-state index in [1.165, 1.54) is 0 Å². The molecule has 0 radical (unpaired) electrons. The van der Waals surface area contributed by atoms with Crippen molar-refractivity contribution in [3.63, 3.8) is 0 Å². The van der Waals surface area contributed by atoms with Gasteiger partial charge in [0.05, 0.1) is 6.04 Å². The largest absolute Gasteiger partial charge is 0.457 e. The monoisotopic (exact) mass is 399 g/mol. The molecule has 3 heterocycles. The third-order valence-corrected chi connectivity index (χ3v) is 6.10. The standard InChI is InChI=1S/C24H25N5O/c25-16-21-23(18-6-8-20(9-7-18)30-19-4-2-1-3-5-19)28-29-22(12-15-27-24(21)29)17-10-13-26-14-11-17/h1-9,17,22,26-27H,10-15H2/t22-/m0/s1. The highest BCUT2D eigenvalue weighted by atomic mass is 16.5. The first-order valence-electron chi connectivity index (χ1n) is 10.6. The van der Waals surface area contributed by atoms with E-state index in [4.69, 9.17) is 9.84 Å². The molecule has 6 nitrogen and oxygen atoms in total. The number of piperidine rings is 1. The van der Waals surface area contributed by atoms with Crippen molar-refractivity contribution in [3.8, 4) is 28.8 Å². The Morgan fingerprint density at radius 2 is 1.67 bits per heavy atom. The average molecular weight is 399 g/mol. The Morgan fingerprint density at radius 3 is 2.40 bits per heavy atom. The summed E-state index contributed by atoms with van der Waals surface area (Å²) in [5, 5.41) is 21.7. The lowest BCUT2D eigenvalue weighted by Gasteiger charge is -2.34. The molecule has 1 saturated heterocycles. The molecule has 1 fully saturated rings. The van der Waals surface area contributed by atoms with Gasteiger partial charge in [0.1, 0.15) is 34.6 Å². The molecular formula is C24H25N5O. The zero-order valence-corrected chi connectivity index (χ0v) is 16.8. The van der Waals surface area contributed by atoms with Crippen LogP contribution in [0.4, 0.5) is 5.82 Å². The summed E-state index contributed by atoms with van der Waals surface area (Å²) in [5.41, 5.74) is 2.30. The van der Waals surface area contributed by atoms with Gasteiger partial charge < -0.3 is 15.4 Å². The van der Waals surface area contributed by atoms with Crippen molar-refractivity contribution in [2.75, 3.05) is 25.0 Å². The summed E-state index contributed by atoms with van der Waals surface area (Å²) in [6, 6.07) is 20.3. The van der Waals surface area contributed by atoms with Crippen LogP contribution in [-0.2, 0) is 0 Å². The van der Waals surface area contributed by atoms with Crippen molar-refractivity contribution >= 4 is 5.82 Å². The second-order valence-electron chi connectivity index (χ2n) is 7.94. The van der Waals surface area contributed by atoms with Gasteiger partial charge in [-0.15, -0.1) is 0 Å². The minimum absolute atomic E-state index is 0.352. The van der Waals surface area contributed by atoms with E-state index < -0.39 is 0 Å². The molecule has 3 aromatic rings. The number of rotatable bonds is 4. The molecule has 30 heavy (non-hydrogen) atoms. The fourth-order valence-corrected chi connectivity index (χ4v) is 4.58. The first kappa shape index (κ1) is 18.7. The average Bonchev–Trinajstić information content (AvgIpc) is 3.19. The number of para-hydroxylation sites is 1. The lowest BCUT2D eigenvalue weighted by atomic mass is 9.87. The SMILES string of the molecule is N#Cc1c(-c2ccc(Oc3ccccc3)cc2)nn2c1NCC[C@H]2C1CCNCC1. The number of ether oxygens (including phenoxy) is 1. The Kier molecular flexibility index (Phi) is 5.12. The van der Waals surface area contributed by atoms with Crippen molar-refractivity contribution in [2.45, 2.75) is 25.3 Å². The zero-order valence-electron chi connectivity index (χ0n) is 16.8. The van der Waals surface area contributed by atoms with Crippen LogP contribution in [0.5, 0.6) is 11.5 Å². The van der Waals surface area contributed by atoms with Crippen LogP contribution < -0.4 is 15.4 Å². The molecule has 0 unspecified atom stereocenters. The number of nitrogens with one attached hydrogen (secondary N) is 2. The molecule has 5 rings (SSSR count). The Morgan fingerprint density at radius 1 is 0.933 bits per heavy atom. The molecule has 0 saturated carbocycles. The molecule has 6 heteroatoms. The Hall–Kier alpha value is -3.30. The first-order valence-corrected chi connectivity index (χ1v) is 10.6. The predicted octanol–water partition coefficient (Wildman–Crippen LogP) is 4.57. The molecule has 1 atom stereocenters. The highest BCUT2D eigenvalue weighted by Gasteiger charge is 2.32. The quantitative estimate of drug-likeness (QED) is 0.672. The molecule has 0 bridgehead atoms. The molecule has 2 N–H and O–H groups in total. The molecule has 2 aliphatic rings. The van der Waals surface area contributed by atoms with Crippen molar-refractivity contribution in [1.29, 1.82) is 5.26 Å². The highest BCUT2D eigenvalue weighted by Crippen LogP contribution is 2.39. The summed E-state index contributed by atoms with van der Waals surface area (Å²) in [7, 11) is 0. The molecule has 152 valence electrons. The lowest BCUT2D eigenvalue weighted by Crippen LogP contribution is -2.36. The van der Waals surface area contributed by atoms with Crippen molar-refractivity contribution in [2.24, 2.45) is 5.92 Å². The number of nitriles is 1. The molecule has 0 aliphatic carbocycles. The maximum Gasteiger partial charge on any atom is 0.143 e. The zero-order chi connectivity index (χ0) is 20.3. The topological polar surface area (TPSA) is 74.9 Å². The van der Waals surface area contributed by atoms with Crippen LogP contribution in [0.3, 0.4) is 0 Å². The minimum Gasteiger partial charge on any atom is -0.457 e. The van der Waals surface area contributed by atoms with Gasteiger partial charge in [-0.3, -0.25) is 0 Å².